The molecule has 0 atom stereocenters. The smallest absolute Gasteiger partial charge is 0.00199 e. The fraction of sp³-hybridized carbons (Fsp3) is 0. The van der Waals surface area contributed by atoms with E-state index < -0.39 is 0 Å². The molecular weight excluding hydrogens is 1800 g/mol. The van der Waals surface area contributed by atoms with E-state index in [0.717, 1.165) is 0 Å². The predicted molar refractivity (Wildman–Crippen MR) is 648 cm³/mol. The number of fused-ring (bicyclic) bond motifs is 16. The summed E-state index contributed by atoms with van der Waals surface area (Å²) < 4.78 is 0. The molecule has 0 aliphatic heterocycles. The highest BCUT2D eigenvalue weighted by Gasteiger charge is 2.26. The summed E-state index contributed by atoms with van der Waals surface area (Å²) >= 11 is 0. The van der Waals surface area contributed by atoms with Crippen LogP contribution in [-0.2, 0) is 0 Å². The fourth-order valence-electron chi connectivity index (χ4n) is 24.2. The molecule has 0 nitrogen and oxygen atoms in total. The highest BCUT2D eigenvalue weighted by Crippen LogP contribution is 2.54. The van der Waals surface area contributed by atoms with Crippen molar-refractivity contribution in [2.75, 3.05) is 0 Å². The molecule has 0 aromatic heterocycles. The van der Waals surface area contributed by atoms with Crippen LogP contribution in [0.4, 0.5) is 0 Å². The van der Waals surface area contributed by atoms with E-state index in [1.54, 1.807) is 0 Å². The molecule has 0 saturated heterocycles. The van der Waals surface area contributed by atoms with Crippen molar-refractivity contribution < 1.29 is 0 Å². The molecule has 0 N–H and O–H groups in total. The zero-order valence-corrected chi connectivity index (χ0v) is 82.6. The Morgan fingerprint density at radius 2 is 0.240 bits per heavy atom. The minimum Gasteiger partial charge on any atom is -0.0622 e. The van der Waals surface area contributed by atoms with E-state index in [1.165, 1.54) is 284 Å². The molecule has 0 heterocycles. The Morgan fingerprint density at radius 3 is 0.553 bits per heavy atom. The SMILES string of the molecule is c1ccc(-c2ccc(-c3c4ccccc4c(-c4cccc5ccccc45)c4ccccc34)cc2)cc1.c1ccc(-c2ccccc2-c2c3ccccc3c(-c3cccc4ccccc34)c3ccccc23)cc1.c1ccc2c(-c3c4ccccc4c(-c4cc5ccccc5c5ccccc45)c4ccccc34)cccc2c1.c1ccc2c(-c3ccc(-c4c5ccccc5c(-c5cccc6ccccc56)c5ccccc45)cc3)cccc2c1. The van der Waals surface area contributed by atoms with Crippen molar-refractivity contribution in [3.05, 3.63) is 595 Å². The van der Waals surface area contributed by atoms with E-state index in [4.69, 9.17) is 0 Å². The van der Waals surface area contributed by atoms with Gasteiger partial charge in [0.25, 0.3) is 0 Å². The lowest BCUT2D eigenvalue weighted by Gasteiger charge is -2.20. The van der Waals surface area contributed by atoms with E-state index >= 15 is 0 Å². The Bertz CT molecular complexity index is 10300. The molecular formula is C150H98. The van der Waals surface area contributed by atoms with E-state index in [0.29, 0.717) is 0 Å². The van der Waals surface area contributed by atoms with Crippen molar-refractivity contribution in [2.45, 2.75) is 0 Å². The number of rotatable bonds is 11. The molecule has 0 fully saturated rings. The van der Waals surface area contributed by atoms with Gasteiger partial charge >= 0.3 is 0 Å². The number of hydrogen-bond acceptors (Lipinski definition) is 0. The Balaban J connectivity index is 0.0000000984. The Hall–Kier alpha value is -19.5. The van der Waals surface area contributed by atoms with E-state index in [-0.39, 0.29) is 0 Å². The zero-order valence-electron chi connectivity index (χ0n) is 82.6. The van der Waals surface area contributed by atoms with Gasteiger partial charge in [0.2, 0.25) is 0 Å². The second-order valence-electron chi connectivity index (χ2n) is 39.1. The molecule has 0 saturated carbocycles. The summed E-state index contributed by atoms with van der Waals surface area (Å²) in [5.41, 5.74) is 28.1. The second kappa shape index (κ2) is 38.9. The van der Waals surface area contributed by atoms with Crippen LogP contribution in [0.5, 0.6) is 0 Å². The molecule has 0 unspecified atom stereocenters. The first-order valence-corrected chi connectivity index (χ1v) is 52.0. The second-order valence-corrected chi connectivity index (χ2v) is 39.1. The first-order chi connectivity index (χ1) is 74.5. The lowest BCUT2D eigenvalue weighted by atomic mass is 9.83. The predicted octanol–water partition coefficient (Wildman–Crippen LogP) is 42.4. The van der Waals surface area contributed by atoms with Gasteiger partial charge in [0, 0.05) is 0 Å². The topological polar surface area (TPSA) is 0 Å². The molecule has 0 aliphatic carbocycles. The average molecular weight is 1900 g/mol. The summed E-state index contributed by atoms with van der Waals surface area (Å²) in [6.07, 6.45) is 0. The fourth-order valence-corrected chi connectivity index (χ4v) is 24.2. The third kappa shape index (κ3) is 15.9. The zero-order chi connectivity index (χ0) is 99.3. The molecule has 698 valence electrons. The molecule has 150 heavy (non-hydrogen) atoms. The van der Waals surface area contributed by atoms with Crippen molar-refractivity contribution in [2.24, 2.45) is 0 Å². The lowest BCUT2D eigenvalue weighted by molar-refractivity contribution is 1.61. The quantitative estimate of drug-likeness (QED) is 0.0894. The van der Waals surface area contributed by atoms with Crippen LogP contribution in [-0.4, -0.2) is 0 Å². The van der Waals surface area contributed by atoms with Gasteiger partial charge in [0.1, 0.15) is 0 Å². The highest BCUT2D eigenvalue weighted by molar-refractivity contribution is 6.31. The van der Waals surface area contributed by atoms with Crippen LogP contribution >= 0.6 is 0 Å². The molecule has 0 amide bonds. The first-order valence-electron chi connectivity index (χ1n) is 52.0. The monoisotopic (exact) mass is 1900 g/mol. The molecule has 30 rings (SSSR count). The largest absolute Gasteiger partial charge is 0.0622 e. The highest BCUT2D eigenvalue weighted by atomic mass is 14.3. The third-order valence-electron chi connectivity index (χ3n) is 30.8. The number of benzene rings is 30. The molecule has 0 bridgehead atoms. The molecule has 0 spiro atoms. The van der Waals surface area contributed by atoms with Crippen molar-refractivity contribution in [3.8, 4) is 122 Å². The van der Waals surface area contributed by atoms with Crippen molar-refractivity contribution in [1.82, 2.24) is 0 Å². The van der Waals surface area contributed by atoms with Crippen LogP contribution in [0.2, 0.25) is 0 Å². The maximum absolute atomic E-state index is 2.39. The van der Waals surface area contributed by atoms with Gasteiger partial charge in [0.05, 0.1) is 0 Å². The molecule has 30 aromatic carbocycles. The summed E-state index contributed by atoms with van der Waals surface area (Å²) in [7, 11) is 0. The van der Waals surface area contributed by atoms with Crippen LogP contribution in [0.3, 0.4) is 0 Å². The third-order valence-corrected chi connectivity index (χ3v) is 30.8. The van der Waals surface area contributed by atoms with Crippen molar-refractivity contribution in [3.63, 3.8) is 0 Å². The maximum atomic E-state index is 2.39. The van der Waals surface area contributed by atoms with Gasteiger partial charge in [-0.05, 0) is 290 Å². The molecule has 0 aliphatic rings. The average Bonchev–Trinajstić information content (AvgIpc) is 0.733. The first kappa shape index (κ1) is 89.4. The summed E-state index contributed by atoms with van der Waals surface area (Å²) in [5, 5.41) is 38.5. The van der Waals surface area contributed by atoms with Gasteiger partial charge in [-0.1, -0.05) is 588 Å². The number of hydrogen-bond donors (Lipinski definition) is 0. The van der Waals surface area contributed by atoms with Crippen LogP contribution in [0.25, 0.3) is 284 Å². The normalized spacial score (nSPS) is 11.5. The minimum absolute atomic E-state index is 1.24. The summed E-state index contributed by atoms with van der Waals surface area (Å²) in [4.78, 5) is 0. The Morgan fingerprint density at radius 1 is 0.0667 bits per heavy atom. The van der Waals surface area contributed by atoms with Gasteiger partial charge in [-0.25, -0.2) is 0 Å². The summed E-state index contributed by atoms with van der Waals surface area (Å²) in [5.74, 6) is 0. The van der Waals surface area contributed by atoms with E-state index in [2.05, 4.69) is 595 Å². The van der Waals surface area contributed by atoms with Gasteiger partial charge in [0.15, 0.2) is 0 Å². The van der Waals surface area contributed by atoms with Crippen LogP contribution < -0.4 is 0 Å². The Labute approximate surface area is 871 Å². The molecule has 30 aromatic rings. The van der Waals surface area contributed by atoms with Gasteiger partial charge in [-0.2, -0.15) is 0 Å². The maximum Gasteiger partial charge on any atom is -0.00199 e. The van der Waals surface area contributed by atoms with Gasteiger partial charge < -0.3 is 0 Å². The van der Waals surface area contributed by atoms with Gasteiger partial charge in [-0.15, -0.1) is 0 Å². The minimum atomic E-state index is 1.24. The van der Waals surface area contributed by atoms with Crippen LogP contribution in [0, 0.1) is 0 Å². The summed E-state index contributed by atoms with van der Waals surface area (Å²) in [6, 6.07) is 216. The van der Waals surface area contributed by atoms with Crippen LogP contribution in [0.1, 0.15) is 0 Å². The van der Waals surface area contributed by atoms with Crippen molar-refractivity contribution in [1.29, 1.82) is 0 Å². The Kier molecular flexibility index (Phi) is 23.2. The van der Waals surface area contributed by atoms with Crippen LogP contribution in [0.15, 0.2) is 595 Å². The summed E-state index contributed by atoms with van der Waals surface area (Å²) in [6.45, 7) is 0. The molecule has 0 radical (unpaired) electrons. The van der Waals surface area contributed by atoms with Crippen molar-refractivity contribution >= 4 is 162 Å². The lowest BCUT2D eigenvalue weighted by Crippen LogP contribution is -1.93. The standard InChI is InChI=1S/C40H26.C38H24.2C36H24/c1-3-15-31-27(11-1)13-9-21-32(31)29-23-25-30(26-24-29)39-35-17-5-7-19-37(35)40(38-20-8-6-18-36(38)39)34-22-10-14-28-12-2-4-16-33(28)34;1-3-15-27-25(12-1)14-11-23-31(27)37-32-19-7-9-21-34(32)38(35-22-10-8-20-33(35)37)36-24-26-13-2-4-16-28(26)29-17-5-6-18-30(29)36;1-2-11-25(12-3-1)26-21-23-28(24-22-26)35-31-16-6-8-18-33(31)36(34-19-9-7-17-32(34)35)30-20-10-14-27-13-4-5-15-29(27)30;1-2-13-25(14-3-1)27-18-6-7-19-29(27)35-31-20-8-10-22-33(31)36(34-23-11-9-21-32(34)35)30-24-12-16-26-15-4-5-17-28(26)30/h1-26H;1-24H;2*1-24H. The van der Waals surface area contributed by atoms with E-state index in [1.807, 2.05) is 0 Å². The van der Waals surface area contributed by atoms with E-state index in [9.17, 15) is 0 Å². The molecule has 0 heteroatoms. The van der Waals surface area contributed by atoms with Gasteiger partial charge in [-0.3, -0.25) is 0 Å².